The summed E-state index contributed by atoms with van der Waals surface area (Å²) in [5, 5.41) is 5.48. The summed E-state index contributed by atoms with van der Waals surface area (Å²) in [6.07, 6.45) is 0. The van der Waals surface area contributed by atoms with Crippen molar-refractivity contribution in [3.63, 3.8) is 0 Å². The van der Waals surface area contributed by atoms with Crippen molar-refractivity contribution in [1.29, 1.82) is 0 Å². The summed E-state index contributed by atoms with van der Waals surface area (Å²) in [4.78, 5) is 25.9. The van der Waals surface area contributed by atoms with E-state index in [-0.39, 0.29) is 0 Å². The minimum absolute atomic E-state index is 0.580. The van der Waals surface area contributed by atoms with Crippen LogP contribution in [0.3, 0.4) is 0 Å². The Balaban J connectivity index is 1.06. The van der Waals surface area contributed by atoms with Crippen molar-refractivity contribution >= 4 is 85.1 Å². The number of furan rings is 1. The zero-order chi connectivity index (χ0) is 37.5. The van der Waals surface area contributed by atoms with Gasteiger partial charge in [0, 0.05) is 68.8 Å². The fourth-order valence-electron chi connectivity index (χ4n) is 7.87. The van der Waals surface area contributed by atoms with Crippen LogP contribution in [-0.2, 0) is 0 Å². The molecule has 0 unspecified atom stereocenters. The molecule has 266 valence electrons. The van der Waals surface area contributed by atoms with Gasteiger partial charge in [-0.05, 0) is 48.5 Å². The summed E-state index contributed by atoms with van der Waals surface area (Å²) >= 11 is 3.51. The average molecular weight is 766 g/mol. The van der Waals surface area contributed by atoms with Crippen LogP contribution in [0.5, 0.6) is 0 Å². The van der Waals surface area contributed by atoms with Crippen molar-refractivity contribution in [2.24, 2.45) is 0 Å². The van der Waals surface area contributed by atoms with Crippen molar-refractivity contribution in [1.82, 2.24) is 24.9 Å². The van der Waals surface area contributed by atoms with Gasteiger partial charge in [-0.3, -0.25) is 0 Å². The van der Waals surface area contributed by atoms with E-state index in [9.17, 15) is 0 Å². The molecule has 6 nitrogen and oxygen atoms in total. The average Bonchev–Trinajstić information content (AvgIpc) is 3.97. The second-order valence-electron chi connectivity index (χ2n) is 14.0. The fraction of sp³-hybridized carbons (Fsp3) is 0. The second kappa shape index (κ2) is 12.7. The van der Waals surface area contributed by atoms with E-state index in [2.05, 4.69) is 103 Å². The zero-order valence-corrected chi connectivity index (χ0v) is 31.7. The fourth-order valence-corrected chi connectivity index (χ4v) is 10.1. The first-order chi connectivity index (χ1) is 28.2. The van der Waals surface area contributed by atoms with Gasteiger partial charge >= 0.3 is 0 Å². The maximum Gasteiger partial charge on any atom is 0.164 e. The molecule has 0 saturated carbocycles. The summed E-state index contributed by atoms with van der Waals surface area (Å²) < 4.78 is 10.9. The Bertz CT molecular complexity index is 3540. The number of hydrogen-bond donors (Lipinski definition) is 0. The lowest BCUT2D eigenvalue weighted by Gasteiger charge is -2.10. The van der Waals surface area contributed by atoms with Crippen LogP contribution in [0, 0.1) is 0 Å². The Hall–Kier alpha value is -7.13. The van der Waals surface area contributed by atoms with E-state index in [0.717, 1.165) is 86.5 Å². The number of rotatable bonds is 5. The second-order valence-corrected chi connectivity index (χ2v) is 16.1. The predicted octanol–water partition coefficient (Wildman–Crippen LogP) is 13.6. The van der Waals surface area contributed by atoms with Gasteiger partial charge in [-0.2, -0.15) is 0 Å². The Labute approximate surface area is 333 Å². The number of para-hydroxylation sites is 1. The van der Waals surface area contributed by atoms with E-state index in [1.807, 2.05) is 60.7 Å². The van der Waals surface area contributed by atoms with Gasteiger partial charge in [0.05, 0.1) is 15.9 Å². The van der Waals surface area contributed by atoms with Gasteiger partial charge in [0.25, 0.3) is 0 Å². The third-order valence-corrected chi connectivity index (χ3v) is 12.9. The van der Waals surface area contributed by atoms with E-state index >= 15 is 0 Å². The Morgan fingerprint density at radius 3 is 1.86 bits per heavy atom. The lowest BCUT2D eigenvalue weighted by molar-refractivity contribution is 0.669. The molecule has 5 aromatic heterocycles. The van der Waals surface area contributed by atoms with E-state index < -0.39 is 0 Å². The van der Waals surface area contributed by atoms with Gasteiger partial charge in [-0.15, -0.1) is 22.7 Å². The number of aromatic nitrogens is 5. The third kappa shape index (κ3) is 5.26. The maximum absolute atomic E-state index is 6.28. The third-order valence-electron chi connectivity index (χ3n) is 10.6. The molecule has 0 N–H and O–H groups in total. The highest BCUT2D eigenvalue weighted by Gasteiger charge is 2.20. The van der Waals surface area contributed by atoms with E-state index in [1.54, 1.807) is 22.7 Å². The minimum atomic E-state index is 0.580. The van der Waals surface area contributed by atoms with Gasteiger partial charge in [0.15, 0.2) is 23.3 Å². The minimum Gasteiger partial charge on any atom is -0.456 e. The highest BCUT2D eigenvalue weighted by molar-refractivity contribution is 7.26. The monoisotopic (exact) mass is 765 g/mol. The molecular weight excluding hydrogens is 739 g/mol. The summed E-state index contributed by atoms with van der Waals surface area (Å²) in [6.45, 7) is 0. The van der Waals surface area contributed by atoms with E-state index in [1.165, 1.54) is 9.40 Å². The lowest BCUT2D eigenvalue weighted by atomic mass is 10.0. The largest absolute Gasteiger partial charge is 0.456 e. The van der Waals surface area contributed by atoms with Crippen molar-refractivity contribution in [2.75, 3.05) is 0 Å². The molecule has 0 fully saturated rings. The van der Waals surface area contributed by atoms with Gasteiger partial charge in [-0.25, -0.2) is 24.9 Å². The molecule has 0 aliphatic rings. The van der Waals surface area contributed by atoms with Gasteiger partial charge < -0.3 is 4.42 Å². The topological polar surface area (TPSA) is 77.6 Å². The molecule has 12 rings (SSSR count). The maximum atomic E-state index is 6.28. The van der Waals surface area contributed by atoms with Crippen LogP contribution in [0.1, 0.15) is 0 Å². The van der Waals surface area contributed by atoms with Gasteiger partial charge in [-0.1, -0.05) is 115 Å². The molecule has 0 amide bonds. The first kappa shape index (κ1) is 32.1. The standard InChI is InChI=1S/C49H27N5OS2/c1-3-12-28(13-4-1)43-45-44(34-17-8-10-20-39(34)57-45)51-47(50-43)30-23-25-40-36(26-30)42-35(18-11-21-41(42)56-40)49-53-46(29-14-5-2-6-15-29)52-48(54-49)31-22-24-33-32-16-7-9-19-37(32)55-38(33)27-31/h1-27H. The molecule has 0 radical (unpaired) electrons. The lowest BCUT2D eigenvalue weighted by Crippen LogP contribution is -2.00. The molecule has 5 heterocycles. The first-order valence-electron chi connectivity index (χ1n) is 18.7. The number of benzene rings is 7. The SMILES string of the molecule is c1ccc(-c2nc(-c3ccc4c(c3)oc3ccccc34)nc(-c3cccc4sc5ccc(-c6nc(-c7ccccc7)c7sc8ccccc8c7n6)cc5c34)n2)cc1. The van der Waals surface area contributed by atoms with E-state index in [0.29, 0.717) is 23.3 Å². The van der Waals surface area contributed by atoms with Crippen molar-refractivity contribution < 1.29 is 4.42 Å². The van der Waals surface area contributed by atoms with Crippen LogP contribution in [0.15, 0.2) is 168 Å². The van der Waals surface area contributed by atoms with E-state index in [4.69, 9.17) is 29.3 Å². The normalized spacial score (nSPS) is 11.9. The van der Waals surface area contributed by atoms with Crippen LogP contribution in [-0.4, -0.2) is 24.9 Å². The molecule has 0 spiro atoms. The van der Waals surface area contributed by atoms with Crippen LogP contribution in [0.4, 0.5) is 0 Å². The summed E-state index contributed by atoms with van der Waals surface area (Å²) in [7, 11) is 0. The molecule has 57 heavy (non-hydrogen) atoms. The molecule has 0 atom stereocenters. The van der Waals surface area contributed by atoms with Gasteiger partial charge in [0.1, 0.15) is 11.2 Å². The molecular formula is C49H27N5OS2. The Kier molecular flexibility index (Phi) is 7.17. The molecule has 8 heteroatoms. The summed E-state index contributed by atoms with van der Waals surface area (Å²) in [5.74, 6) is 2.48. The first-order valence-corrected chi connectivity index (χ1v) is 20.3. The summed E-state index contributed by atoms with van der Waals surface area (Å²) in [5.41, 5.74) is 8.30. The van der Waals surface area contributed by atoms with Crippen molar-refractivity contribution in [2.45, 2.75) is 0 Å². The van der Waals surface area contributed by atoms with Crippen LogP contribution < -0.4 is 0 Å². The highest BCUT2D eigenvalue weighted by Crippen LogP contribution is 2.43. The number of nitrogens with zero attached hydrogens (tertiary/aromatic N) is 5. The number of fused-ring (bicyclic) bond motifs is 9. The molecule has 12 aromatic rings. The number of thiophene rings is 2. The van der Waals surface area contributed by atoms with Crippen LogP contribution >= 0.6 is 22.7 Å². The van der Waals surface area contributed by atoms with Gasteiger partial charge in [0.2, 0.25) is 0 Å². The quantitative estimate of drug-likeness (QED) is 0.174. The highest BCUT2D eigenvalue weighted by atomic mass is 32.1. The molecule has 0 aliphatic carbocycles. The molecule has 7 aromatic carbocycles. The Morgan fingerprint density at radius 1 is 0.368 bits per heavy atom. The molecule has 0 aliphatic heterocycles. The predicted molar refractivity (Wildman–Crippen MR) is 236 cm³/mol. The van der Waals surface area contributed by atoms with Crippen LogP contribution in [0.25, 0.3) is 119 Å². The van der Waals surface area contributed by atoms with Crippen molar-refractivity contribution in [3.8, 4) is 56.8 Å². The van der Waals surface area contributed by atoms with Crippen LogP contribution in [0.2, 0.25) is 0 Å². The number of hydrogen-bond acceptors (Lipinski definition) is 8. The molecule has 0 saturated heterocycles. The molecule has 0 bridgehead atoms. The Morgan fingerprint density at radius 2 is 1.00 bits per heavy atom. The summed E-state index contributed by atoms with van der Waals surface area (Å²) in [6, 6.07) is 56.3. The zero-order valence-electron chi connectivity index (χ0n) is 30.0. The van der Waals surface area contributed by atoms with Crippen molar-refractivity contribution in [3.05, 3.63) is 164 Å². The smallest absolute Gasteiger partial charge is 0.164 e.